The Kier molecular flexibility index (Phi) is 46.6. The number of carbonyl (C=O) groups is 2. The highest BCUT2D eigenvalue weighted by Gasteiger charge is 2.44. The van der Waals surface area contributed by atoms with Gasteiger partial charge in [0.2, 0.25) is 5.91 Å². The number of aliphatic hydroxyl groups is 5. The molecule has 0 aromatic heterocycles. The fourth-order valence-electron chi connectivity index (χ4n) is 9.31. The van der Waals surface area contributed by atoms with Crippen LogP contribution in [0.15, 0.2) is 24.3 Å². The van der Waals surface area contributed by atoms with Gasteiger partial charge in [-0.05, 0) is 57.8 Å². The number of esters is 1. The molecular weight excluding hydrogens is 883 g/mol. The van der Waals surface area contributed by atoms with Crippen LogP contribution in [-0.4, -0.2) is 100 Å². The number of unbranched alkanes of at least 4 members (excludes halogenated alkanes) is 35. The summed E-state index contributed by atoms with van der Waals surface area (Å²) in [6.45, 7) is 4.30. The van der Waals surface area contributed by atoms with Gasteiger partial charge in [0.15, 0.2) is 6.29 Å². The number of amides is 1. The maximum Gasteiger partial charge on any atom is 0.305 e. The maximum atomic E-state index is 13.0. The van der Waals surface area contributed by atoms with Crippen LogP contribution in [0, 0.1) is 0 Å². The quantitative estimate of drug-likeness (QED) is 0.0195. The van der Waals surface area contributed by atoms with Crippen molar-refractivity contribution in [3.63, 3.8) is 0 Å². The number of rotatable bonds is 51. The average molecular weight is 995 g/mol. The van der Waals surface area contributed by atoms with Crippen molar-refractivity contribution >= 4 is 11.9 Å². The lowest BCUT2D eigenvalue weighted by molar-refractivity contribution is -0.302. The van der Waals surface area contributed by atoms with E-state index in [0.29, 0.717) is 19.4 Å². The van der Waals surface area contributed by atoms with Crippen LogP contribution in [0.25, 0.3) is 0 Å². The molecule has 11 heteroatoms. The summed E-state index contributed by atoms with van der Waals surface area (Å²) in [5, 5.41) is 54.2. The van der Waals surface area contributed by atoms with Crippen LogP contribution in [0.2, 0.25) is 0 Å². The first kappa shape index (κ1) is 66.2. The van der Waals surface area contributed by atoms with Crippen molar-refractivity contribution in [3.8, 4) is 0 Å². The van der Waals surface area contributed by atoms with Crippen molar-refractivity contribution in [1.29, 1.82) is 0 Å². The Labute approximate surface area is 429 Å². The number of carbonyl (C=O) groups excluding carboxylic acids is 2. The van der Waals surface area contributed by atoms with Crippen molar-refractivity contribution in [1.82, 2.24) is 5.32 Å². The number of allylic oxidation sites excluding steroid dienone is 3. The molecule has 70 heavy (non-hydrogen) atoms. The van der Waals surface area contributed by atoms with Gasteiger partial charge in [0, 0.05) is 12.8 Å². The molecule has 0 radical (unpaired) electrons. The van der Waals surface area contributed by atoms with Crippen molar-refractivity contribution in [2.24, 2.45) is 0 Å². The van der Waals surface area contributed by atoms with Crippen molar-refractivity contribution in [3.05, 3.63) is 24.3 Å². The third kappa shape index (κ3) is 38.7. The zero-order valence-corrected chi connectivity index (χ0v) is 45.2. The van der Waals surface area contributed by atoms with Crippen LogP contribution in [0.1, 0.15) is 277 Å². The van der Waals surface area contributed by atoms with E-state index < -0.39 is 49.5 Å². The standard InChI is InChI=1S/C59H111NO10/c1-3-5-7-9-11-13-14-15-24-27-31-35-39-43-47-55(64)68-48-44-40-36-32-28-25-22-20-18-16-17-19-21-23-26-30-34-38-42-46-54(63)60-51(52(62)45-41-37-33-29-12-10-8-6-4-2)50-69-59-58(67)57(66)56(65)53(49-61)70-59/h16-17,41,45,51-53,56-59,61-62,65-67H,3-15,18-40,42-44,46-50H2,1-2H3,(H,60,63)/b17-16-,45-41+. The Morgan fingerprint density at radius 1 is 0.514 bits per heavy atom. The zero-order valence-electron chi connectivity index (χ0n) is 45.2. The second-order valence-corrected chi connectivity index (χ2v) is 20.7. The Bertz CT molecular complexity index is 1220. The van der Waals surface area contributed by atoms with Gasteiger partial charge in [-0.2, -0.15) is 0 Å². The summed E-state index contributed by atoms with van der Waals surface area (Å²) < 4.78 is 16.7. The van der Waals surface area contributed by atoms with Gasteiger partial charge in [0.25, 0.3) is 0 Å². The van der Waals surface area contributed by atoms with E-state index in [0.717, 1.165) is 77.0 Å². The molecule has 0 saturated carbocycles. The first-order valence-electron chi connectivity index (χ1n) is 29.6. The molecule has 1 aliphatic rings. The van der Waals surface area contributed by atoms with Gasteiger partial charge in [-0.1, -0.05) is 231 Å². The van der Waals surface area contributed by atoms with Gasteiger partial charge >= 0.3 is 5.97 Å². The summed E-state index contributed by atoms with van der Waals surface area (Å²) in [6, 6.07) is -0.815. The predicted molar refractivity (Wildman–Crippen MR) is 288 cm³/mol. The number of ether oxygens (including phenoxy) is 3. The largest absolute Gasteiger partial charge is 0.466 e. The summed E-state index contributed by atoms with van der Waals surface area (Å²) in [4.78, 5) is 25.0. The summed E-state index contributed by atoms with van der Waals surface area (Å²) in [6.07, 6.45) is 48.5. The molecule has 7 atom stereocenters. The number of nitrogens with one attached hydrogen (secondary N) is 1. The van der Waals surface area contributed by atoms with Crippen molar-refractivity contribution in [2.75, 3.05) is 19.8 Å². The summed E-state index contributed by atoms with van der Waals surface area (Å²) in [5.41, 5.74) is 0. The molecule has 0 bridgehead atoms. The molecule has 0 aromatic carbocycles. The molecule has 0 aromatic rings. The molecule has 7 unspecified atom stereocenters. The Balaban J connectivity index is 2.04. The molecular formula is C59H111NO10. The van der Waals surface area contributed by atoms with Gasteiger partial charge in [-0.25, -0.2) is 0 Å². The first-order valence-corrected chi connectivity index (χ1v) is 29.6. The first-order chi connectivity index (χ1) is 34.2. The molecule has 1 amide bonds. The van der Waals surface area contributed by atoms with Crippen LogP contribution in [0.4, 0.5) is 0 Å². The highest BCUT2D eigenvalue weighted by Crippen LogP contribution is 2.23. The van der Waals surface area contributed by atoms with Gasteiger partial charge in [0.05, 0.1) is 32.0 Å². The molecule has 1 fully saturated rings. The van der Waals surface area contributed by atoms with Crippen LogP contribution in [-0.2, 0) is 23.8 Å². The van der Waals surface area contributed by atoms with E-state index in [1.807, 2.05) is 6.08 Å². The van der Waals surface area contributed by atoms with Crippen LogP contribution >= 0.6 is 0 Å². The highest BCUT2D eigenvalue weighted by molar-refractivity contribution is 5.76. The molecule has 1 heterocycles. The highest BCUT2D eigenvalue weighted by atomic mass is 16.7. The minimum absolute atomic E-state index is 0.00873. The number of aliphatic hydroxyl groups excluding tert-OH is 5. The Morgan fingerprint density at radius 2 is 0.914 bits per heavy atom. The monoisotopic (exact) mass is 994 g/mol. The van der Waals surface area contributed by atoms with Crippen LogP contribution in [0.3, 0.4) is 0 Å². The van der Waals surface area contributed by atoms with Gasteiger partial charge in [-0.15, -0.1) is 0 Å². The van der Waals surface area contributed by atoms with E-state index in [4.69, 9.17) is 14.2 Å². The second-order valence-electron chi connectivity index (χ2n) is 20.7. The minimum atomic E-state index is -1.57. The molecule has 412 valence electrons. The summed E-state index contributed by atoms with van der Waals surface area (Å²) in [5.74, 6) is -0.202. The summed E-state index contributed by atoms with van der Waals surface area (Å²) in [7, 11) is 0. The van der Waals surface area contributed by atoms with E-state index in [9.17, 15) is 35.1 Å². The van der Waals surface area contributed by atoms with Crippen LogP contribution in [0.5, 0.6) is 0 Å². The minimum Gasteiger partial charge on any atom is -0.466 e. The van der Waals surface area contributed by atoms with E-state index in [2.05, 4.69) is 31.3 Å². The molecule has 0 aliphatic carbocycles. The van der Waals surface area contributed by atoms with E-state index in [-0.39, 0.29) is 18.5 Å². The lowest BCUT2D eigenvalue weighted by atomic mass is 9.99. The molecule has 11 nitrogen and oxygen atoms in total. The Morgan fingerprint density at radius 3 is 1.37 bits per heavy atom. The molecule has 1 saturated heterocycles. The van der Waals surface area contributed by atoms with Gasteiger partial charge in [-0.3, -0.25) is 9.59 Å². The third-order valence-corrected chi connectivity index (χ3v) is 14.1. The number of hydrogen-bond acceptors (Lipinski definition) is 10. The number of hydrogen-bond donors (Lipinski definition) is 6. The van der Waals surface area contributed by atoms with E-state index in [1.165, 1.54) is 173 Å². The topological polar surface area (TPSA) is 175 Å². The predicted octanol–water partition coefficient (Wildman–Crippen LogP) is 13.3. The Hall–Kier alpha value is -1.86. The third-order valence-electron chi connectivity index (χ3n) is 14.1. The fraction of sp³-hybridized carbons (Fsp3) is 0.898. The van der Waals surface area contributed by atoms with Gasteiger partial charge in [0.1, 0.15) is 24.4 Å². The smallest absolute Gasteiger partial charge is 0.305 e. The molecule has 6 N–H and O–H groups in total. The molecule has 1 aliphatic heterocycles. The van der Waals surface area contributed by atoms with Gasteiger partial charge < -0.3 is 45.1 Å². The zero-order chi connectivity index (χ0) is 51.0. The summed E-state index contributed by atoms with van der Waals surface area (Å²) >= 11 is 0. The van der Waals surface area contributed by atoms with Crippen molar-refractivity contribution in [2.45, 2.75) is 320 Å². The lowest BCUT2D eigenvalue weighted by Crippen LogP contribution is -2.60. The fourth-order valence-corrected chi connectivity index (χ4v) is 9.31. The van der Waals surface area contributed by atoms with Crippen molar-refractivity contribution < 1.29 is 49.3 Å². The normalized spacial score (nSPS) is 19.3. The SMILES string of the molecule is CCCCCCCCC/C=C/C(O)C(COC1OC(CO)C(O)C(O)C1O)NC(=O)CCCCCCCCC/C=C\CCCCCCCCCCOC(=O)CCCCCCCCCCCCCCCC. The van der Waals surface area contributed by atoms with Crippen LogP contribution < -0.4 is 5.32 Å². The second kappa shape index (κ2) is 49.4. The lowest BCUT2D eigenvalue weighted by Gasteiger charge is -2.40. The maximum absolute atomic E-state index is 13.0. The van der Waals surface area contributed by atoms with E-state index >= 15 is 0 Å². The molecule has 1 rings (SSSR count). The van der Waals surface area contributed by atoms with E-state index in [1.54, 1.807) is 6.08 Å². The average Bonchev–Trinajstić information content (AvgIpc) is 3.36. The molecule has 0 spiro atoms.